The van der Waals surface area contributed by atoms with Gasteiger partial charge in [-0.15, -0.1) is 0 Å². The largest absolute Gasteiger partial charge is 0.508 e. The fraction of sp³-hybridized carbons (Fsp3) is 0. The van der Waals surface area contributed by atoms with E-state index in [0.717, 1.165) is 17.2 Å². The molecule has 0 aliphatic heterocycles. The van der Waals surface area contributed by atoms with Crippen LogP contribution in [0.2, 0.25) is 0 Å². The lowest BCUT2D eigenvalue weighted by Gasteiger charge is -2.04. The summed E-state index contributed by atoms with van der Waals surface area (Å²) in [4.78, 5) is 11.0. The summed E-state index contributed by atoms with van der Waals surface area (Å²) in [7, 11) is 0. The van der Waals surface area contributed by atoms with E-state index in [1.807, 2.05) is 18.2 Å². The van der Waals surface area contributed by atoms with E-state index in [1.54, 1.807) is 30.3 Å². The Morgan fingerprint density at radius 2 is 1.83 bits per heavy atom. The number of benzene rings is 2. The Morgan fingerprint density at radius 1 is 1.11 bits per heavy atom. The van der Waals surface area contributed by atoms with E-state index < -0.39 is 5.97 Å². The van der Waals surface area contributed by atoms with Crippen molar-refractivity contribution in [3.63, 3.8) is 0 Å². The molecule has 0 fully saturated rings. The number of rotatable bonds is 3. The van der Waals surface area contributed by atoms with Crippen LogP contribution < -0.4 is 4.74 Å². The first kappa shape index (κ1) is 11.9. The van der Waals surface area contributed by atoms with Crippen molar-refractivity contribution in [1.29, 1.82) is 0 Å². The second-order valence-electron chi connectivity index (χ2n) is 3.70. The standard InChI is InChI=1S/C15H12O3/c1-2-15(17)18-14-8-6-11(7-9-14)12-4-3-5-13(16)10-12/h2-10,16H,1H2. The maximum atomic E-state index is 11.0. The molecule has 3 nitrogen and oxygen atoms in total. The first-order valence-electron chi connectivity index (χ1n) is 5.43. The molecule has 0 unspecified atom stereocenters. The lowest BCUT2D eigenvalue weighted by Crippen LogP contribution is -2.02. The second kappa shape index (κ2) is 5.19. The highest BCUT2D eigenvalue weighted by molar-refractivity contribution is 5.83. The number of hydrogen-bond donors (Lipinski definition) is 1. The number of aromatic hydroxyl groups is 1. The highest BCUT2D eigenvalue weighted by Crippen LogP contribution is 2.25. The summed E-state index contributed by atoms with van der Waals surface area (Å²) < 4.78 is 4.97. The summed E-state index contributed by atoms with van der Waals surface area (Å²) in [5.41, 5.74) is 1.83. The van der Waals surface area contributed by atoms with Crippen LogP contribution in [0.4, 0.5) is 0 Å². The second-order valence-corrected chi connectivity index (χ2v) is 3.70. The minimum absolute atomic E-state index is 0.217. The van der Waals surface area contributed by atoms with Gasteiger partial charge in [-0.1, -0.05) is 30.8 Å². The quantitative estimate of drug-likeness (QED) is 0.509. The molecule has 18 heavy (non-hydrogen) atoms. The fourth-order valence-corrected chi connectivity index (χ4v) is 1.56. The minimum Gasteiger partial charge on any atom is -0.508 e. The Balaban J connectivity index is 2.22. The van der Waals surface area contributed by atoms with Gasteiger partial charge in [0.15, 0.2) is 0 Å². The Labute approximate surface area is 105 Å². The van der Waals surface area contributed by atoms with Crippen LogP contribution in [-0.2, 0) is 4.79 Å². The number of phenols is 1. The van der Waals surface area contributed by atoms with E-state index in [1.165, 1.54) is 0 Å². The third-order valence-corrected chi connectivity index (χ3v) is 2.42. The summed E-state index contributed by atoms with van der Waals surface area (Å²) >= 11 is 0. The van der Waals surface area contributed by atoms with Gasteiger partial charge in [-0.25, -0.2) is 4.79 Å². The van der Waals surface area contributed by atoms with Crippen molar-refractivity contribution in [3.8, 4) is 22.6 Å². The van der Waals surface area contributed by atoms with Gasteiger partial charge in [0, 0.05) is 6.08 Å². The van der Waals surface area contributed by atoms with Crippen LogP contribution in [0.3, 0.4) is 0 Å². The highest BCUT2D eigenvalue weighted by atomic mass is 16.5. The monoisotopic (exact) mass is 240 g/mol. The van der Waals surface area contributed by atoms with Gasteiger partial charge >= 0.3 is 5.97 Å². The zero-order valence-corrected chi connectivity index (χ0v) is 9.67. The predicted octanol–water partition coefficient (Wildman–Crippen LogP) is 3.15. The molecular formula is C15H12O3. The van der Waals surface area contributed by atoms with E-state index in [2.05, 4.69) is 6.58 Å². The molecule has 0 aromatic heterocycles. The van der Waals surface area contributed by atoms with Crippen molar-refractivity contribution in [3.05, 3.63) is 61.2 Å². The first-order valence-corrected chi connectivity index (χ1v) is 5.43. The maximum absolute atomic E-state index is 11.0. The molecule has 0 atom stereocenters. The molecule has 1 N–H and O–H groups in total. The maximum Gasteiger partial charge on any atom is 0.335 e. The molecule has 2 aromatic rings. The third kappa shape index (κ3) is 2.77. The summed E-state index contributed by atoms with van der Waals surface area (Å²) in [6, 6.07) is 14.0. The molecule has 2 rings (SSSR count). The van der Waals surface area contributed by atoms with Crippen molar-refractivity contribution in [1.82, 2.24) is 0 Å². The van der Waals surface area contributed by atoms with E-state index in [4.69, 9.17) is 4.74 Å². The van der Waals surface area contributed by atoms with Crippen LogP contribution in [0, 0.1) is 0 Å². The summed E-state index contributed by atoms with van der Waals surface area (Å²) in [5, 5.41) is 9.40. The van der Waals surface area contributed by atoms with Crippen molar-refractivity contribution in [2.45, 2.75) is 0 Å². The number of carbonyl (C=O) groups is 1. The first-order chi connectivity index (χ1) is 8.69. The van der Waals surface area contributed by atoms with Gasteiger partial charge in [0.1, 0.15) is 11.5 Å². The Kier molecular flexibility index (Phi) is 3.44. The van der Waals surface area contributed by atoms with Crippen molar-refractivity contribution < 1.29 is 14.6 Å². The summed E-state index contributed by atoms with van der Waals surface area (Å²) in [5.74, 6) is 0.193. The van der Waals surface area contributed by atoms with Gasteiger partial charge in [0.2, 0.25) is 0 Å². The molecule has 0 radical (unpaired) electrons. The van der Waals surface area contributed by atoms with Crippen LogP contribution in [-0.4, -0.2) is 11.1 Å². The van der Waals surface area contributed by atoms with Crippen LogP contribution in [0.1, 0.15) is 0 Å². The molecule has 0 aliphatic rings. The van der Waals surface area contributed by atoms with E-state index in [0.29, 0.717) is 5.75 Å². The molecule has 0 saturated carbocycles. The summed E-state index contributed by atoms with van der Waals surface area (Å²) in [6.07, 6.45) is 1.11. The third-order valence-electron chi connectivity index (χ3n) is 2.42. The Bertz CT molecular complexity index is 571. The van der Waals surface area contributed by atoms with Crippen LogP contribution in [0.15, 0.2) is 61.2 Å². The van der Waals surface area contributed by atoms with Gasteiger partial charge < -0.3 is 9.84 Å². The zero-order valence-electron chi connectivity index (χ0n) is 9.67. The lowest BCUT2D eigenvalue weighted by molar-refractivity contribution is -0.128. The molecule has 0 bridgehead atoms. The topological polar surface area (TPSA) is 46.5 Å². The van der Waals surface area contributed by atoms with Crippen molar-refractivity contribution >= 4 is 5.97 Å². The smallest absolute Gasteiger partial charge is 0.335 e. The Morgan fingerprint density at radius 3 is 2.44 bits per heavy atom. The minimum atomic E-state index is -0.486. The molecule has 0 heterocycles. The van der Waals surface area contributed by atoms with Crippen molar-refractivity contribution in [2.24, 2.45) is 0 Å². The van der Waals surface area contributed by atoms with Crippen LogP contribution in [0.25, 0.3) is 11.1 Å². The molecule has 0 saturated heterocycles. The van der Waals surface area contributed by atoms with Crippen molar-refractivity contribution in [2.75, 3.05) is 0 Å². The zero-order chi connectivity index (χ0) is 13.0. The van der Waals surface area contributed by atoms with Gasteiger partial charge in [0.05, 0.1) is 0 Å². The van der Waals surface area contributed by atoms with E-state index in [9.17, 15) is 9.90 Å². The molecule has 0 amide bonds. The SMILES string of the molecule is C=CC(=O)Oc1ccc(-c2cccc(O)c2)cc1. The molecule has 3 heteroatoms. The van der Waals surface area contributed by atoms with Gasteiger partial charge in [-0.3, -0.25) is 0 Å². The van der Waals surface area contributed by atoms with Crippen LogP contribution in [0.5, 0.6) is 11.5 Å². The fourth-order valence-electron chi connectivity index (χ4n) is 1.56. The lowest BCUT2D eigenvalue weighted by atomic mass is 10.1. The molecule has 2 aromatic carbocycles. The molecule has 0 aliphatic carbocycles. The number of ether oxygens (including phenoxy) is 1. The van der Waals surface area contributed by atoms with E-state index in [-0.39, 0.29) is 5.75 Å². The molecule has 90 valence electrons. The summed E-state index contributed by atoms with van der Waals surface area (Å²) in [6.45, 7) is 3.33. The number of esters is 1. The van der Waals surface area contributed by atoms with E-state index >= 15 is 0 Å². The number of hydrogen-bond acceptors (Lipinski definition) is 3. The number of phenolic OH excluding ortho intramolecular Hbond substituents is 1. The van der Waals surface area contributed by atoms with Gasteiger partial charge in [-0.05, 0) is 35.4 Å². The predicted molar refractivity (Wildman–Crippen MR) is 69.4 cm³/mol. The van der Waals surface area contributed by atoms with Gasteiger partial charge in [0.25, 0.3) is 0 Å². The average Bonchev–Trinajstić information content (AvgIpc) is 2.39. The molecular weight excluding hydrogens is 228 g/mol. The van der Waals surface area contributed by atoms with Crippen LogP contribution >= 0.6 is 0 Å². The average molecular weight is 240 g/mol. The molecule has 0 spiro atoms. The normalized spacial score (nSPS) is 9.78. The van der Waals surface area contributed by atoms with Gasteiger partial charge in [-0.2, -0.15) is 0 Å². The Hall–Kier alpha value is -2.55. The highest BCUT2D eigenvalue weighted by Gasteiger charge is 2.02. The number of carbonyl (C=O) groups excluding carboxylic acids is 1.